The molecule has 0 aromatic carbocycles. The third kappa shape index (κ3) is 4.67. The van der Waals surface area contributed by atoms with Crippen LogP contribution in [-0.4, -0.2) is 66.0 Å². The zero-order valence-corrected chi connectivity index (χ0v) is 19.5. The fourth-order valence-electron chi connectivity index (χ4n) is 4.19. The van der Waals surface area contributed by atoms with E-state index in [2.05, 4.69) is 77.5 Å². The zero-order chi connectivity index (χ0) is 22.0. The summed E-state index contributed by atoms with van der Waals surface area (Å²) in [6.07, 6.45) is 14.3. The molecule has 4 aliphatic rings. The fourth-order valence-corrected chi connectivity index (χ4v) is 4.19. The quantitative estimate of drug-likeness (QED) is 0.465. The molecule has 31 heavy (non-hydrogen) atoms. The Bertz CT molecular complexity index is 956. The summed E-state index contributed by atoms with van der Waals surface area (Å²) >= 11 is 0. The lowest BCUT2D eigenvalue weighted by Gasteiger charge is -2.38. The van der Waals surface area contributed by atoms with E-state index in [0.717, 1.165) is 62.0 Å². The van der Waals surface area contributed by atoms with Crippen molar-refractivity contribution in [2.45, 2.75) is 40.0 Å². The van der Waals surface area contributed by atoms with E-state index in [1.807, 2.05) is 7.05 Å². The summed E-state index contributed by atoms with van der Waals surface area (Å²) in [4.78, 5) is 16.8. The molecule has 0 N–H and O–H groups in total. The van der Waals surface area contributed by atoms with Crippen LogP contribution in [0.3, 0.4) is 0 Å². The van der Waals surface area contributed by atoms with Crippen LogP contribution in [0.2, 0.25) is 0 Å². The molecule has 0 spiro atoms. The van der Waals surface area contributed by atoms with Gasteiger partial charge >= 0.3 is 0 Å². The molecular weight excluding hydrogens is 382 g/mol. The number of likely N-dealkylation sites (N-methyl/N-ethyl adjacent to an activating group) is 1. The smallest absolute Gasteiger partial charge is 0.137 e. The highest BCUT2D eigenvalue weighted by Gasteiger charge is 2.29. The SMILES string of the molecule is C=C(CC)/C(C)=C/C(=NC)C1=CC(=C2CC2)N2C=C(N3CCN(CC)CC3)C=CC2=N1. The van der Waals surface area contributed by atoms with Crippen LogP contribution < -0.4 is 0 Å². The van der Waals surface area contributed by atoms with Gasteiger partial charge in [-0.1, -0.05) is 26.0 Å². The zero-order valence-electron chi connectivity index (χ0n) is 19.5. The molecule has 5 nitrogen and oxygen atoms in total. The summed E-state index contributed by atoms with van der Waals surface area (Å²) in [7, 11) is 1.84. The summed E-state index contributed by atoms with van der Waals surface area (Å²) in [5, 5.41) is 0. The standard InChI is InChI=1S/C26H35N5/c1-6-19(3)20(4)16-23(27-5)24-17-25(21-8-9-21)31-18-22(10-11-26(31)28-24)30-14-12-29(7-2)13-15-30/h10-11,16-18H,3,6-9,12-15H2,1-2,4-5H3/b20-16+,27-23?. The maximum absolute atomic E-state index is 4.98. The van der Waals surface area contributed by atoms with Crippen molar-refractivity contribution in [2.24, 2.45) is 9.98 Å². The maximum atomic E-state index is 4.98. The molecule has 5 heteroatoms. The molecule has 1 saturated heterocycles. The molecule has 164 valence electrons. The largest absolute Gasteiger partial charge is 0.368 e. The number of amidine groups is 1. The fraction of sp³-hybridized carbons (Fsp3) is 0.462. The molecular formula is C26H35N5. The lowest BCUT2D eigenvalue weighted by Crippen LogP contribution is -2.46. The molecule has 0 bridgehead atoms. The molecule has 1 aliphatic carbocycles. The average Bonchev–Trinajstić information content (AvgIpc) is 3.66. The Kier molecular flexibility index (Phi) is 6.42. The second kappa shape index (κ2) is 9.23. The monoisotopic (exact) mass is 417 g/mol. The molecule has 0 aromatic rings. The minimum Gasteiger partial charge on any atom is -0.368 e. The van der Waals surface area contributed by atoms with Crippen LogP contribution in [0.1, 0.15) is 40.0 Å². The van der Waals surface area contributed by atoms with Crippen molar-refractivity contribution in [2.75, 3.05) is 39.8 Å². The van der Waals surface area contributed by atoms with Gasteiger partial charge in [0.1, 0.15) is 5.84 Å². The van der Waals surface area contributed by atoms with E-state index in [4.69, 9.17) is 4.99 Å². The van der Waals surface area contributed by atoms with Crippen molar-refractivity contribution in [3.63, 3.8) is 0 Å². The van der Waals surface area contributed by atoms with Gasteiger partial charge in [0.05, 0.1) is 17.1 Å². The van der Waals surface area contributed by atoms with Gasteiger partial charge in [-0.25, -0.2) is 4.99 Å². The van der Waals surface area contributed by atoms with Gasteiger partial charge in [0.2, 0.25) is 0 Å². The topological polar surface area (TPSA) is 34.4 Å². The first-order chi connectivity index (χ1) is 15.0. The van der Waals surface area contributed by atoms with E-state index in [1.165, 1.54) is 35.4 Å². The average molecular weight is 418 g/mol. The van der Waals surface area contributed by atoms with E-state index in [9.17, 15) is 0 Å². The maximum Gasteiger partial charge on any atom is 0.137 e. The first-order valence-electron chi connectivity index (χ1n) is 11.6. The second-order valence-corrected chi connectivity index (χ2v) is 8.56. The van der Waals surface area contributed by atoms with Crippen LogP contribution in [0, 0.1) is 0 Å². The van der Waals surface area contributed by atoms with Gasteiger partial charge in [-0.3, -0.25) is 9.89 Å². The normalized spacial score (nSPS) is 22.3. The highest BCUT2D eigenvalue weighted by molar-refractivity contribution is 6.12. The van der Waals surface area contributed by atoms with Gasteiger partial charge in [-0.15, -0.1) is 0 Å². The summed E-state index contributed by atoms with van der Waals surface area (Å²) in [5.74, 6) is 0.976. The number of hydrogen-bond acceptors (Lipinski definition) is 5. The molecule has 4 rings (SSSR count). The molecule has 0 atom stereocenters. The van der Waals surface area contributed by atoms with E-state index in [1.54, 1.807) is 0 Å². The third-order valence-corrected chi connectivity index (χ3v) is 6.57. The van der Waals surface area contributed by atoms with Crippen molar-refractivity contribution in [1.29, 1.82) is 0 Å². The summed E-state index contributed by atoms with van der Waals surface area (Å²) < 4.78 is 0. The van der Waals surface area contributed by atoms with Crippen molar-refractivity contribution in [3.8, 4) is 0 Å². The van der Waals surface area contributed by atoms with E-state index < -0.39 is 0 Å². The van der Waals surface area contributed by atoms with Gasteiger partial charge in [0.25, 0.3) is 0 Å². The van der Waals surface area contributed by atoms with Crippen LogP contribution in [-0.2, 0) is 0 Å². The minimum absolute atomic E-state index is 0.914. The molecule has 0 amide bonds. The number of rotatable bonds is 6. The Labute approximate surface area is 187 Å². The first kappa shape index (κ1) is 21.6. The Hall–Kier alpha value is -2.66. The van der Waals surface area contributed by atoms with E-state index in [0.29, 0.717) is 0 Å². The number of allylic oxidation sites excluding steroid dienone is 6. The van der Waals surface area contributed by atoms with Crippen LogP contribution in [0.4, 0.5) is 0 Å². The molecule has 0 aromatic heterocycles. The van der Waals surface area contributed by atoms with Gasteiger partial charge < -0.3 is 9.80 Å². The van der Waals surface area contributed by atoms with Crippen LogP contribution >= 0.6 is 0 Å². The Morgan fingerprint density at radius 2 is 1.90 bits per heavy atom. The first-order valence-corrected chi connectivity index (χ1v) is 11.6. The number of piperazine rings is 1. The number of nitrogens with zero attached hydrogens (tertiary/aromatic N) is 5. The third-order valence-electron chi connectivity index (χ3n) is 6.57. The van der Waals surface area contributed by atoms with Crippen LogP contribution in [0.5, 0.6) is 0 Å². The number of aliphatic imine (C=N–C) groups is 2. The molecule has 3 heterocycles. The summed E-state index contributed by atoms with van der Waals surface area (Å²) in [6.45, 7) is 16.2. The molecule has 0 unspecified atom stereocenters. The Balaban J connectivity index is 1.61. The van der Waals surface area contributed by atoms with E-state index in [-0.39, 0.29) is 0 Å². The van der Waals surface area contributed by atoms with Gasteiger partial charge in [-0.2, -0.15) is 0 Å². The molecule has 2 fully saturated rings. The number of fused-ring (bicyclic) bond motifs is 1. The highest BCUT2D eigenvalue weighted by Crippen LogP contribution is 2.38. The Morgan fingerprint density at radius 1 is 1.16 bits per heavy atom. The van der Waals surface area contributed by atoms with Gasteiger partial charge in [-0.05, 0) is 68.2 Å². The van der Waals surface area contributed by atoms with Crippen molar-refractivity contribution in [1.82, 2.24) is 14.7 Å². The summed E-state index contributed by atoms with van der Waals surface area (Å²) in [6, 6.07) is 0. The molecule has 0 radical (unpaired) electrons. The summed E-state index contributed by atoms with van der Waals surface area (Å²) in [5.41, 5.74) is 8.21. The minimum atomic E-state index is 0.914. The van der Waals surface area contributed by atoms with Crippen LogP contribution in [0.15, 0.2) is 80.9 Å². The lowest BCUT2D eigenvalue weighted by molar-refractivity contribution is 0.167. The molecule has 3 aliphatic heterocycles. The second-order valence-electron chi connectivity index (χ2n) is 8.56. The van der Waals surface area contributed by atoms with Gasteiger partial charge in [0, 0.05) is 45.1 Å². The van der Waals surface area contributed by atoms with Crippen molar-refractivity contribution in [3.05, 3.63) is 70.9 Å². The lowest BCUT2D eigenvalue weighted by atomic mass is 10.0. The highest BCUT2D eigenvalue weighted by atomic mass is 15.3. The van der Waals surface area contributed by atoms with E-state index >= 15 is 0 Å². The Morgan fingerprint density at radius 3 is 2.52 bits per heavy atom. The van der Waals surface area contributed by atoms with Crippen LogP contribution in [0.25, 0.3) is 0 Å². The van der Waals surface area contributed by atoms with Crippen molar-refractivity contribution >= 4 is 11.5 Å². The predicted octanol–water partition coefficient (Wildman–Crippen LogP) is 4.66. The predicted molar refractivity (Wildman–Crippen MR) is 131 cm³/mol. The number of hydrogen-bond donors (Lipinski definition) is 0. The van der Waals surface area contributed by atoms with Crippen molar-refractivity contribution < 1.29 is 0 Å². The van der Waals surface area contributed by atoms with Gasteiger partial charge in [0.15, 0.2) is 0 Å². The molecule has 1 saturated carbocycles.